The molecule has 0 aromatic heterocycles. The van der Waals surface area contributed by atoms with Crippen molar-refractivity contribution in [3.05, 3.63) is 0 Å². The van der Waals surface area contributed by atoms with Crippen molar-refractivity contribution in [2.24, 2.45) is 11.8 Å². The lowest BCUT2D eigenvalue weighted by Crippen LogP contribution is -2.45. The van der Waals surface area contributed by atoms with Gasteiger partial charge in [-0.25, -0.2) is 4.79 Å². The summed E-state index contributed by atoms with van der Waals surface area (Å²) in [7, 11) is 3.49. The minimum atomic E-state index is 0.0159. The smallest absolute Gasteiger partial charge is 0.317 e. The van der Waals surface area contributed by atoms with Gasteiger partial charge < -0.3 is 15.0 Å². The van der Waals surface area contributed by atoms with E-state index in [0.717, 1.165) is 12.5 Å². The highest BCUT2D eigenvalue weighted by molar-refractivity contribution is 5.74. The summed E-state index contributed by atoms with van der Waals surface area (Å²) in [5, 5.41) is 3.06. The van der Waals surface area contributed by atoms with Gasteiger partial charge in [-0.1, -0.05) is 26.2 Å². The van der Waals surface area contributed by atoms with E-state index >= 15 is 0 Å². The van der Waals surface area contributed by atoms with Crippen LogP contribution in [0.2, 0.25) is 0 Å². The normalized spacial score (nSPS) is 24.8. The summed E-state index contributed by atoms with van der Waals surface area (Å²) in [6, 6.07) is 0.128. The zero-order valence-electron chi connectivity index (χ0n) is 12.9. The summed E-state index contributed by atoms with van der Waals surface area (Å²) in [5.74, 6) is 1.58. The first-order chi connectivity index (χ1) is 9.08. The molecule has 4 nitrogen and oxygen atoms in total. The molecule has 1 atom stereocenters. The van der Waals surface area contributed by atoms with Crippen molar-refractivity contribution in [1.82, 2.24) is 10.2 Å². The predicted molar refractivity (Wildman–Crippen MR) is 78.2 cm³/mol. The molecular weight excluding hydrogens is 240 g/mol. The van der Waals surface area contributed by atoms with E-state index in [1.54, 1.807) is 12.0 Å². The molecule has 4 heteroatoms. The summed E-state index contributed by atoms with van der Waals surface area (Å²) in [5.41, 5.74) is 0. The Bertz CT molecular complexity index is 263. The quantitative estimate of drug-likeness (QED) is 0.806. The zero-order valence-corrected chi connectivity index (χ0v) is 12.9. The van der Waals surface area contributed by atoms with E-state index in [1.165, 1.54) is 32.1 Å². The first-order valence-corrected chi connectivity index (χ1v) is 7.58. The van der Waals surface area contributed by atoms with Gasteiger partial charge in [0, 0.05) is 20.7 Å². The van der Waals surface area contributed by atoms with Gasteiger partial charge in [0.25, 0.3) is 0 Å². The molecule has 0 heterocycles. The molecule has 1 unspecified atom stereocenters. The number of urea groups is 1. The summed E-state index contributed by atoms with van der Waals surface area (Å²) < 4.78 is 5.07. The number of rotatable bonds is 6. The van der Waals surface area contributed by atoms with Crippen LogP contribution in [0.25, 0.3) is 0 Å². The van der Waals surface area contributed by atoms with Crippen LogP contribution in [-0.2, 0) is 4.74 Å². The SMILES string of the molecule is CCC1CCC(CNC(=O)N(C)C(C)COC)CC1. The molecule has 0 aliphatic heterocycles. The van der Waals surface area contributed by atoms with Crippen LogP contribution < -0.4 is 5.32 Å². The third-order valence-electron chi connectivity index (χ3n) is 4.48. The second-order valence-electron chi connectivity index (χ2n) is 5.90. The monoisotopic (exact) mass is 270 g/mol. The first kappa shape index (κ1) is 16.3. The maximum Gasteiger partial charge on any atom is 0.317 e. The molecule has 1 N–H and O–H groups in total. The number of amides is 2. The number of ether oxygens (including phenoxy) is 1. The minimum Gasteiger partial charge on any atom is -0.383 e. The van der Waals surface area contributed by atoms with Gasteiger partial charge in [-0.05, 0) is 31.6 Å². The maximum atomic E-state index is 12.0. The molecule has 2 amide bonds. The fraction of sp³-hybridized carbons (Fsp3) is 0.933. The number of methoxy groups -OCH3 is 1. The molecule has 0 spiro atoms. The summed E-state index contributed by atoms with van der Waals surface area (Å²) in [4.78, 5) is 13.7. The molecule has 1 fully saturated rings. The predicted octanol–water partition coefficient (Wildman–Crippen LogP) is 2.88. The highest BCUT2D eigenvalue weighted by Crippen LogP contribution is 2.30. The van der Waals surface area contributed by atoms with Crippen LogP contribution >= 0.6 is 0 Å². The van der Waals surface area contributed by atoms with Crippen LogP contribution in [0.5, 0.6) is 0 Å². The van der Waals surface area contributed by atoms with Crippen LogP contribution in [0.1, 0.15) is 46.0 Å². The van der Waals surface area contributed by atoms with Crippen molar-refractivity contribution in [2.45, 2.75) is 52.0 Å². The number of carbonyl (C=O) groups is 1. The van der Waals surface area contributed by atoms with E-state index in [2.05, 4.69) is 12.2 Å². The summed E-state index contributed by atoms with van der Waals surface area (Å²) in [6.07, 6.45) is 6.47. The van der Waals surface area contributed by atoms with E-state index in [4.69, 9.17) is 4.74 Å². The van der Waals surface area contributed by atoms with E-state index in [1.807, 2.05) is 14.0 Å². The molecule has 0 bridgehead atoms. The lowest BCUT2D eigenvalue weighted by molar-refractivity contribution is 0.122. The van der Waals surface area contributed by atoms with Crippen molar-refractivity contribution >= 4 is 6.03 Å². The third-order valence-corrected chi connectivity index (χ3v) is 4.48. The molecule has 1 aliphatic carbocycles. The van der Waals surface area contributed by atoms with Gasteiger partial charge in [-0.2, -0.15) is 0 Å². The lowest BCUT2D eigenvalue weighted by atomic mass is 9.81. The summed E-state index contributed by atoms with van der Waals surface area (Å²) in [6.45, 7) is 5.67. The molecular formula is C15H30N2O2. The number of nitrogens with zero attached hydrogens (tertiary/aromatic N) is 1. The number of hydrogen-bond acceptors (Lipinski definition) is 2. The zero-order chi connectivity index (χ0) is 14.3. The molecule has 0 aromatic carbocycles. The molecule has 112 valence electrons. The van der Waals surface area contributed by atoms with Gasteiger partial charge in [0.05, 0.1) is 12.6 Å². The van der Waals surface area contributed by atoms with Crippen LogP contribution in [0.15, 0.2) is 0 Å². The molecule has 1 rings (SSSR count). The van der Waals surface area contributed by atoms with Crippen LogP contribution in [-0.4, -0.2) is 44.3 Å². The Morgan fingerprint density at radius 3 is 2.42 bits per heavy atom. The van der Waals surface area contributed by atoms with Crippen LogP contribution in [0.4, 0.5) is 4.79 Å². The maximum absolute atomic E-state index is 12.0. The number of likely N-dealkylation sites (N-methyl/N-ethyl adjacent to an activating group) is 1. The second-order valence-corrected chi connectivity index (χ2v) is 5.90. The van der Waals surface area contributed by atoms with Gasteiger partial charge in [-0.15, -0.1) is 0 Å². The van der Waals surface area contributed by atoms with Crippen molar-refractivity contribution in [3.8, 4) is 0 Å². The van der Waals surface area contributed by atoms with Crippen molar-refractivity contribution in [3.63, 3.8) is 0 Å². The van der Waals surface area contributed by atoms with Gasteiger partial charge >= 0.3 is 6.03 Å². The topological polar surface area (TPSA) is 41.6 Å². The molecule has 1 saturated carbocycles. The van der Waals surface area contributed by atoms with Crippen molar-refractivity contribution < 1.29 is 9.53 Å². The molecule has 19 heavy (non-hydrogen) atoms. The number of nitrogens with one attached hydrogen (secondary N) is 1. The van der Waals surface area contributed by atoms with Gasteiger partial charge in [0.15, 0.2) is 0 Å². The summed E-state index contributed by atoms with van der Waals surface area (Å²) >= 11 is 0. The third kappa shape index (κ3) is 5.39. The van der Waals surface area contributed by atoms with E-state index in [9.17, 15) is 4.79 Å². The second kappa shape index (κ2) is 8.41. The fourth-order valence-corrected chi connectivity index (χ4v) is 2.75. The number of hydrogen-bond donors (Lipinski definition) is 1. The van der Waals surface area contributed by atoms with Crippen LogP contribution in [0.3, 0.4) is 0 Å². The van der Waals surface area contributed by atoms with Crippen molar-refractivity contribution in [1.29, 1.82) is 0 Å². The first-order valence-electron chi connectivity index (χ1n) is 7.58. The van der Waals surface area contributed by atoms with E-state index in [-0.39, 0.29) is 12.1 Å². The minimum absolute atomic E-state index is 0.0159. The van der Waals surface area contributed by atoms with Gasteiger partial charge in [-0.3, -0.25) is 0 Å². The fourth-order valence-electron chi connectivity index (χ4n) is 2.75. The van der Waals surface area contributed by atoms with Gasteiger partial charge in [0.1, 0.15) is 0 Å². The Balaban J connectivity index is 2.23. The Hall–Kier alpha value is -0.770. The molecule has 0 aromatic rings. The average molecular weight is 270 g/mol. The van der Waals surface area contributed by atoms with Crippen LogP contribution in [0, 0.1) is 11.8 Å². The Kier molecular flexibility index (Phi) is 7.21. The molecule has 1 aliphatic rings. The Morgan fingerprint density at radius 1 is 1.32 bits per heavy atom. The highest BCUT2D eigenvalue weighted by Gasteiger charge is 2.21. The molecule has 0 radical (unpaired) electrons. The Labute approximate surface area is 117 Å². The highest BCUT2D eigenvalue weighted by atomic mass is 16.5. The Morgan fingerprint density at radius 2 is 1.89 bits per heavy atom. The number of carbonyl (C=O) groups excluding carboxylic acids is 1. The molecule has 0 saturated heterocycles. The standard InChI is InChI=1S/C15H30N2O2/c1-5-13-6-8-14(9-7-13)10-16-15(18)17(3)12(2)11-19-4/h12-14H,5-11H2,1-4H3,(H,16,18). The average Bonchev–Trinajstić information content (AvgIpc) is 2.44. The van der Waals surface area contributed by atoms with Crippen molar-refractivity contribution in [2.75, 3.05) is 27.3 Å². The van der Waals surface area contributed by atoms with Gasteiger partial charge in [0.2, 0.25) is 0 Å². The van der Waals surface area contributed by atoms with E-state index in [0.29, 0.717) is 12.5 Å². The largest absolute Gasteiger partial charge is 0.383 e. The van der Waals surface area contributed by atoms with E-state index < -0.39 is 0 Å². The lowest BCUT2D eigenvalue weighted by Gasteiger charge is -2.29.